The maximum absolute atomic E-state index is 12.5. The van der Waals surface area contributed by atoms with E-state index in [1.54, 1.807) is 6.92 Å². The van der Waals surface area contributed by atoms with Gasteiger partial charge < -0.3 is 11.1 Å². The Morgan fingerprint density at radius 3 is 2.55 bits per heavy atom. The van der Waals surface area contributed by atoms with E-state index in [0.717, 1.165) is 6.07 Å². The van der Waals surface area contributed by atoms with Crippen LogP contribution in [0, 0.1) is 0 Å². The number of alkyl halides is 3. The van der Waals surface area contributed by atoms with Gasteiger partial charge in [0.05, 0.1) is 11.3 Å². The van der Waals surface area contributed by atoms with E-state index in [0.29, 0.717) is 6.07 Å². The molecule has 0 saturated heterocycles. The number of hydrogen-bond donors (Lipinski definition) is 3. The molecule has 1 aromatic heterocycles. The fraction of sp³-hybridized carbons (Fsp3) is 0.500. The fourth-order valence-electron chi connectivity index (χ4n) is 1.41. The van der Waals surface area contributed by atoms with E-state index in [9.17, 15) is 21.6 Å². The number of rotatable bonds is 6. The second-order valence-electron chi connectivity index (χ2n) is 3.91. The summed E-state index contributed by atoms with van der Waals surface area (Å²) in [5.41, 5.74) is 4.34. The van der Waals surface area contributed by atoms with E-state index in [-0.39, 0.29) is 30.5 Å². The summed E-state index contributed by atoms with van der Waals surface area (Å²) in [5, 5.41) is 2.50. The summed E-state index contributed by atoms with van der Waals surface area (Å²) in [6.45, 7) is 1.79. The molecule has 0 radical (unpaired) electrons. The van der Waals surface area contributed by atoms with Crippen LogP contribution in [0.3, 0.4) is 0 Å². The lowest BCUT2D eigenvalue weighted by molar-refractivity contribution is -0.137. The van der Waals surface area contributed by atoms with Gasteiger partial charge in [0.25, 0.3) is 0 Å². The lowest BCUT2D eigenvalue weighted by atomic mass is 10.2. The summed E-state index contributed by atoms with van der Waals surface area (Å²) in [6.07, 6.45) is -4.54. The van der Waals surface area contributed by atoms with Gasteiger partial charge in [-0.1, -0.05) is 6.92 Å². The second kappa shape index (κ2) is 6.27. The van der Waals surface area contributed by atoms with Crippen molar-refractivity contribution in [3.05, 3.63) is 17.7 Å². The first-order valence-corrected chi connectivity index (χ1v) is 7.35. The number of halogens is 3. The first-order chi connectivity index (χ1) is 9.14. The molecule has 6 nitrogen and oxygen atoms in total. The number of sulfonamides is 1. The van der Waals surface area contributed by atoms with Crippen LogP contribution >= 0.6 is 0 Å². The van der Waals surface area contributed by atoms with Crippen LogP contribution in [0.4, 0.5) is 24.8 Å². The van der Waals surface area contributed by atoms with E-state index >= 15 is 0 Å². The van der Waals surface area contributed by atoms with Crippen LogP contribution in [0.1, 0.15) is 12.5 Å². The molecule has 0 spiro atoms. The van der Waals surface area contributed by atoms with Gasteiger partial charge in [0.2, 0.25) is 10.0 Å². The lowest BCUT2D eigenvalue weighted by Crippen LogP contribution is -2.29. The molecule has 0 aromatic carbocycles. The average Bonchev–Trinajstić information content (AvgIpc) is 2.26. The topological polar surface area (TPSA) is 97.1 Å². The molecule has 4 N–H and O–H groups in total. The van der Waals surface area contributed by atoms with Crippen molar-refractivity contribution in [2.75, 3.05) is 29.9 Å². The van der Waals surface area contributed by atoms with Crippen LogP contribution < -0.4 is 15.8 Å². The number of nitrogens with zero attached hydrogens (tertiary/aromatic N) is 1. The van der Waals surface area contributed by atoms with Crippen LogP contribution in [-0.4, -0.2) is 32.2 Å². The molecule has 0 amide bonds. The highest BCUT2D eigenvalue weighted by Crippen LogP contribution is 2.31. The quantitative estimate of drug-likeness (QED) is 0.729. The van der Waals surface area contributed by atoms with Crippen molar-refractivity contribution in [1.82, 2.24) is 9.71 Å². The van der Waals surface area contributed by atoms with Crippen molar-refractivity contribution in [1.29, 1.82) is 0 Å². The molecule has 0 aliphatic carbocycles. The predicted molar refractivity (Wildman–Crippen MR) is 69.6 cm³/mol. The normalized spacial score (nSPS) is 12.4. The maximum Gasteiger partial charge on any atom is 0.416 e. The number of anilines is 2. The molecule has 0 unspecified atom stereocenters. The Labute approximate surface area is 114 Å². The Morgan fingerprint density at radius 2 is 2.00 bits per heavy atom. The number of aromatic nitrogens is 1. The average molecular weight is 312 g/mol. The Bertz CT molecular complexity index is 560. The van der Waals surface area contributed by atoms with Crippen molar-refractivity contribution in [2.24, 2.45) is 0 Å². The molecular weight excluding hydrogens is 297 g/mol. The van der Waals surface area contributed by atoms with E-state index in [2.05, 4.69) is 15.0 Å². The summed E-state index contributed by atoms with van der Waals surface area (Å²) >= 11 is 0. The molecule has 1 heterocycles. The summed E-state index contributed by atoms with van der Waals surface area (Å²) in [6, 6.07) is 1.48. The van der Waals surface area contributed by atoms with E-state index in [1.807, 2.05) is 0 Å². The molecule has 0 atom stereocenters. The minimum atomic E-state index is -4.54. The SMILES string of the molecule is CCNS(=O)(=O)CCNc1cc(C(F)(F)F)cc(N)n1. The van der Waals surface area contributed by atoms with Crippen molar-refractivity contribution in [2.45, 2.75) is 13.1 Å². The number of nitrogens with one attached hydrogen (secondary N) is 2. The van der Waals surface area contributed by atoms with E-state index in [1.165, 1.54) is 0 Å². The van der Waals surface area contributed by atoms with Gasteiger partial charge in [-0.3, -0.25) is 0 Å². The number of nitrogen functional groups attached to an aromatic ring is 1. The van der Waals surface area contributed by atoms with Crippen LogP contribution in [0.25, 0.3) is 0 Å². The highest BCUT2D eigenvalue weighted by molar-refractivity contribution is 7.89. The summed E-state index contributed by atoms with van der Waals surface area (Å²) in [7, 11) is -3.44. The largest absolute Gasteiger partial charge is 0.416 e. The minimum absolute atomic E-state index is 0.0803. The third-order valence-corrected chi connectivity index (χ3v) is 3.68. The summed E-state index contributed by atoms with van der Waals surface area (Å²) in [5.74, 6) is -0.695. The molecule has 114 valence electrons. The Balaban J connectivity index is 2.72. The number of hydrogen-bond acceptors (Lipinski definition) is 5. The van der Waals surface area contributed by atoms with Gasteiger partial charge in [-0.2, -0.15) is 13.2 Å². The highest BCUT2D eigenvalue weighted by atomic mass is 32.2. The van der Waals surface area contributed by atoms with Gasteiger partial charge in [-0.05, 0) is 12.1 Å². The van der Waals surface area contributed by atoms with Crippen LogP contribution in [0.5, 0.6) is 0 Å². The minimum Gasteiger partial charge on any atom is -0.384 e. The van der Waals surface area contributed by atoms with Crippen LogP contribution in [0.2, 0.25) is 0 Å². The third-order valence-electron chi connectivity index (χ3n) is 2.21. The molecule has 1 rings (SSSR count). The zero-order valence-corrected chi connectivity index (χ0v) is 11.5. The van der Waals surface area contributed by atoms with Gasteiger partial charge in [0, 0.05) is 13.1 Å². The third kappa shape index (κ3) is 5.21. The zero-order valence-electron chi connectivity index (χ0n) is 10.7. The van der Waals surface area contributed by atoms with E-state index in [4.69, 9.17) is 5.73 Å². The zero-order chi connectivity index (χ0) is 15.4. The Morgan fingerprint density at radius 1 is 1.35 bits per heavy atom. The second-order valence-corrected chi connectivity index (χ2v) is 5.83. The first kappa shape index (κ1) is 16.5. The Hall–Kier alpha value is -1.55. The van der Waals surface area contributed by atoms with Gasteiger partial charge in [-0.15, -0.1) is 0 Å². The maximum atomic E-state index is 12.5. The molecule has 0 aliphatic heterocycles. The monoisotopic (exact) mass is 312 g/mol. The van der Waals surface area contributed by atoms with Crippen LogP contribution in [-0.2, 0) is 16.2 Å². The molecule has 0 bridgehead atoms. The number of pyridine rings is 1. The Kier molecular flexibility index (Phi) is 5.17. The lowest BCUT2D eigenvalue weighted by Gasteiger charge is -2.11. The van der Waals surface area contributed by atoms with Crippen molar-refractivity contribution >= 4 is 21.7 Å². The predicted octanol–water partition coefficient (Wildman–Crippen LogP) is 1.03. The smallest absolute Gasteiger partial charge is 0.384 e. The molecule has 0 saturated carbocycles. The van der Waals surface area contributed by atoms with Gasteiger partial charge in [-0.25, -0.2) is 18.1 Å². The number of nitrogens with two attached hydrogens (primary N) is 1. The van der Waals surface area contributed by atoms with E-state index < -0.39 is 21.8 Å². The van der Waals surface area contributed by atoms with Crippen LogP contribution in [0.15, 0.2) is 12.1 Å². The van der Waals surface area contributed by atoms with Gasteiger partial charge >= 0.3 is 6.18 Å². The molecular formula is C10H15F3N4O2S. The highest BCUT2D eigenvalue weighted by Gasteiger charge is 2.31. The summed E-state index contributed by atoms with van der Waals surface area (Å²) in [4.78, 5) is 3.66. The van der Waals surface area contributed by atoms with Crippen molar-refractivity contribution in [3.63, 3.8) is 0 Å². The summed E-state index contributed by atoms with van der Waals surface area (Å²) < 4.78 is 62.6. The first-order valence-electron chi connectivity index (χ1n) is 5.70. The van der Waals surface area contributed by atoms with Gasteiger partial charge in [0.15, 0.2) is 0 Å². The van der Waals surface area contributed by atoms with Gasteiger partial charge in [0.1, 0.15) is 11.6 Å². The molecule has 10 heteroatoms. The molecule has 20 heavy (non-hydrogen) atoms. The fourth-order valence-corrected chi connectivity index (χ4v) is 2.37. The standard InChI is InChI=1S/C10H15F3N4O2S/c1-2-16-20(18,19)4-3-15-9-6-7(10(11,12)13)5-8(14)17-9/h5-6,16H,2-4H2,1H3,(H3,14,15,17). The molecule has 1 aromatic rings. The molecule has 0 aliphatic rings. The molecule has 0 fully saturated rings. The van der Waals surface area contributed by atoms with Crippen molar-refractivity contribution < 1.29 is 21.6 Å². The van der Waals surface area contributed by atoms with Crippen molar-refractivity contribution in [3.8, 4) is 0 Å².